The number of imidazole rings is 1. The van der Waals surface area contributed by atoms with Gasteiger partial charge >= 0.3 is 5.69 Å². The number of nitro benzene ring substituents is 1. The molecule has 0 saturated heterocycles. The summed E-state index contributed by atoms with van der Waals surface area (Å²) in [6.07, 6.45) is 0. The number of rotatable bonds is 4. The van der Waals surface area contributed by atoms with Crippen molar-refractivity contribution in [2.75, 3.05) is 7.11 Å². The van der Waals surface area contributed by atoms with Gasteiger partial charge in [0.2, 0.25) is 0 Å². The van der Waals surface area contributed by atoms with E-state index in [2.05, 4.69) is 15.0 Å². The molecule has 7 heteroatoms. The van der Waals surface area contributed by atoms with E-state index in [0.717, 1.165) is 17.1 Å². The molecule has 0 amide bonds. The van der Waals surface area contributed by atoms with E-state index in [1.807, 2.05) is 32.0 Å². The van der Waals surface area contributed by atoms with Gasteiger partial charge in [-0.25, -0.2) is 4.98 Å². The molecule has 0 unspecified atom stereocenters. The number of methoxy groups -OCH3 is 1. The van der Waals surface area contributed by atoms with Crippen LogP contribution in [0.4, 0.5) is 5.69 Å². The Balaban J connectivity index is 2.17. The SMILES string of the molecule is COc1ccc(-c2nc(C)[nH]c2-c2cccc(C)n2)cc1[N+](=O)[O-]. The molecule has 3 rings (SSSR count). The van der Waals surface area contributed by atoms with Gasteiger partial charge in [-0.05, 0) is 38.1 Å². The van der Waals surface area contributed by atoms with Crippen LogP contribution in [0.15, 0.2) is 36.4 Å². The Hall–Kier alpha value is -3.22. The highest BCUT2D eigenvalue weighted by atomic mass is 16.6. The van der Waals surface area contributed by atoms with Gasteiger partial charge in [-0.1, -0.05) is 6.07 Å². The van der Waals surface area contributed by atoms with Crippen molar-refractivity contribution in [1.82, 2.24) is 15.0 Å². The zero-order valence-electron chi connectivity index (χ0n) is 13.5. The van der Waals surface area contributed by atoms with E-state index in [4.69, 9.17) is 4.74 Å². The second kappa shape index (κ2) is 6.11. The van der Waals surface area contributed by atoms with Gasteiger partial charge in [-0.2, -0.15) is 0 Å². The number of hydrogen-bond acceptors (Lipinski definition) is 5. The molecule has 24 heavy (non-hydrogen) atoms. The highest BCUT2D eigenvalue weighted by molar-refractivity contribution is 5.78. The summed E-state index contributed by atoms with van der Waals surface area (Å²) in [7, 11) is 1.41. The quantitative estimate of drug-likeness (QED) is 0.583. The van der Waals surface area contributed by atoms with Crippen molar-refractivity contribution in [3.8, 4) is 28.4 Å². The summed E-state index contributed by atoms with van der Waals surface area (Å²) in [4.78, 5) is 23.0. The maximum Gasteiger partial charge on any atom is 0.311 e. The number of aryl methyl sites for hydroxylation is 2. The molecule has 0 spiro atoms. The summed E-state index contributed by atoms with van der Waals surface area (Å²) in [6.45, 7) is 3.74. The third kappa shape index (κ3) is 2.83. The van der Waals surface area contributed by atoms with E-state index in [0.29, 0.717) is 17.1 Å². The van der Waals surface area contributed by atoms with Gasteiger partial charge in [0.1, 0.15) is 5.82 Å². The molecule has 1 aromatic carbocycles. The van der Waals surface area contributed by atoms with Crippen molar-refractivity contribution in [3.05, 3.63) is 58.0 Å². The molecule has 0 atom stereocenters. The van der Waals surface area contributed by atoms with Gasteiger partial charge in [-0.15, -0.1) is 0 Å². The molecule has 0 bridgehead atoms. The largest absolute Gasteiger partial charge is 0.490 e. The van der Waals surface area contributed by atoms with Crippen LogP contribution < -0.4 is 4.74 Å². The maximum atomic E-state index is 11.3. The minimum absolute atomic E-state index is 0.0983. The molecule has 2 heterocycles. The Morgan fingerprint density at radius 1 is 1.17 bits per heavy atom. The number of aromatic nitrogens is 3. The molecule has 0 aliphatic heterocycles. The number of nitro groups is 1. The van der Waals surface area contributed by atoms with Crippen LogP contribution in [0.1, 0.15) is 11.5 Å². The summed E-state index contributed by atoms with van der Waals surface area (Å²) >= 11 is 0. The molecule has 3 aromatic rings. The minimum Gasteiger partial charge on any atom is -0.490 e. The van der Waals surface area contributed by atoms with Crippen molar-refractivity contribution in [2.45, 2.75) is 13.8 Å². The minimum atomic E-state index is -0.466. The first-order valence-electron chi connectivity index (χ1n) is 7.33. The molecule has 2 aromatic heterocycles. The lowest BCUT2D eigenvalue weighted by atomic mass is 10.1. The fourth-order valence-electron chi connectivity index (χ4n) is 2.55. The Labute approximate surface area is 138 Å². The summed E-state index contributed by atoms with van der Waals surface area (Å²) in [5.74, 6) is 0.924. The van der Waals surface area contributed by atoms with E-state index >= 15 is 0 Å². The fraction of sp³-hybridized carbons (Fsp3) is 0.176. The molecular formula is C17H16N4O3. The van der Waals surface area contributed by atoms with E-state index in [-0.39, 0.29) is 11.4 Å². The van der Waals surface area contributed by atoms with Gasteiger partial charge < -0.3 is 9.72 Å². The maximum absolute atomic E-state index is 11.3. The number of H-pyrrole nitrogens is 1. The Kier molecular flexibility index (Phi) is 3.99. The van der Waals surface area contributed by atoms with Gasteiger partial charge in [0.15, 0.2) is 5.75 Å². The summed E-state index contributed by atoms with van der Waals surface area (Å²) < 4.78 is 5.05. The molecule has 0 saturated carbocycles. The molecule has 1 N–H and O–H groups in total. The monoisotopic (exact) mass is 324 g/mol. The number of aromatic amines is 1. The highest BCUT2D eigenvalue weighted by Gasteiger charge is 2.20. The summed E-state index contributed by atoms with van der Waals surface area (Å²) in [6, 6.07) is 10.5. The second-order valence-electron chi connectivity index (χ2n) is 5.35. The van der Waals surface area contributed by atoms with Crippen LogP contribution in [0.25, 0.3) is 22.6 Å². The Morgan fingerprint density at radius 2 is 1.96 bits per heavy atom. The van der Waals surface area contributed by atoms with Crippen LogP contribution in [0.5, 0.6) is 5.75 Å². The fourth-order valence-corrected chi connectivity index (χ4v) is 2.55. The Morgan fingerprint density at radius 3 is 2.62 bits per heavy atom. The van der Waals surface area contributed by atoms with Crippen molar-refractivity contribution >= 4 is 5.69 Å². The lowest BCUT2D eigenvalue weighted by molar-refractivity contribution is -0.385. The van der Waals surface area contributed by atoms with E-state index in [1.165, 1.54) is 13.2 Å². The predicted molar refractivity (Wildman–Crippen MR) is 89.9 cm³/mol. The molecule has 0 aliphatic rings. The predicted octanol–water partition coefficient (Wildman–Crippen LogP) is 3.67. The first-order valence-corrected chi connectivity index (χ1v) is 7.33. The summed E-state index contributed by atoms with van der Waals surface area (Å²) in [5.41, 5.74) is 3.51. The first-order chi connectivity index (χ1) is 11.5. The van der Waals surface area contributed by atoms with Crippen LogP contribution in [0.2, 0.25) is 0 Å². The molecule has 7 nitrogen and oxygen atoms in total. The molecule has 0 fully saturated rings. The topological polar surface area (TPSA) is 93.9 Å². The molecule has 0 aliphatic carbocycles. The van der Waals surface area contributed by atoms with Gasteiger partial charge in [0.05, 0.1) is 29.1 Å². The van der Waals surface area contributed by atoms with Crippen LogP contribution in [0, 0.1) is 24.0 Å². The number of nitrogens with zero attached hydrogens (tertiary/aromatic N) is 3. The second-order valence-corrected chi connectivity index (χ2v) is 5.35. The standard InChI is InChI=1S/C17H16N4O3/c1-10-5-4-6-13(18-10)17-16(19-11(2)20-17)12-7-8-15(24-3)14(9-12)21(22)23/h4-9H,1-3H3,(H,19,20). The third-order valence-corrected chi connectivity index (χ3v) is 3.62. The molecular weight excluding hydrogens is 308 g/mol. The van der Waals surface area contributed by atoms with Crippen LogP contribution in [-0.4, -0.2) is 27.0 Å². The number of nitrogens with one attached hydrogen (secondary N) is 1. The highest BCUT2D eigenvalue weighted by Crippen LogP contribution is 2.35. The van der Waals surface area contributed by atoms with Crippen molar-refractivity contribution in [3.63, 3.8) is 0 Å². The number of pyridine rings is 1. The summed E-state index contributed by atoms with van der Waals surface area (Å²) in [5, 5.41) is 11.3. The zero-order chi connectivity index (χ0) is 17.3. The average molecular weight is 324 g/mol. The lowest BCUT2D eigenvalue weighted by Crippen LogP contribution is -1.95. The first kappa shape index (κ1) is 15.7. The van der Waals surface area contributed by atoms with E-state index in [9.17, 15) is 10.1 Å². The normalized spacial score (nSPS) is 10.6. The molecule has 0 radical (unpaired) electrons. The van der Waals surface area contributed by atoms with Crippen molar-refractivity contribution < 1.29 is 9.66 Å². The number of hydrogen-bond donors (Lipinski definition) is 1. The third-order valence-electron chi connectivity index (χ3n) is 3.62. The average Bonchev–Trinajstić information content (AvgIpc) is 2.96. The van der Waals surface area contributed by atoms with E-state index in [1.54, 1.807) is 12.1 Å². The van der Waals surface area contributed by atoms with Gasteiger partial charge in [0.25, 0.3) is 0 Å². The number of ether oxygens (including phenoxy) is 1. The van der Waals surface area contributed by atoms with Gasteiger partial charge in [-0.3, -0.25) is 15.1 Å². The van der Waals surface area contributed by atoms with Crippen molar-refractivity contribution in [2.24, 2.45) is 0 Å². The van der Waals surface area contributed by atoms with Crippen LogP contribution in [0.3, 0.4) is 0 Å². The molecule has 122 valence electrons. The van der Waals surface area contributed by atoms with E-state index < -0.39 is 4.92 Å². The zero-order valence-corrected chi connectivity index (χ0v) is 13.5. The van der Waals surface area contributed by atoms with Crippen LogP contribution in [-0.2, 0) is 0 Å². The van der Waals surface area contributed by atoms with Crippen LogP contribution >= 0.6 is 0 Å². The lowest BCUT2D eigenvalue weighted by Gasteiger charge is -2.06. The Bertz CT molecular complexity index is 918. The number of benzene rings is 1. The smallest absolute Gasteiger partial charge is 0.311 e. The van der Waals surface area contributed by atoms with Crippen molar-refractivity contribution in [1.29, 1.82) is 0 Å². The van der Waals surface area contributed by atoms with Gasteiger partial charge in [0, 0.05) is 17.3 Å².